The predicted octanol–water partition coefficient (Wildman–Crippen LogP) is 3.21. The molecule has 27 heavy (non-hydrogen) atoms. The van der Waals surface area contributed by atoms with Crippen molar-refractivity contribution in [3.05, 3.63) is 65.2 Å². The van der Waals surface area contributed by atoms with E-state index in [1.54, 1.807) is 43.5 Å². The van der Waals surface area contributed by atoms with Crippen LogP contribution in [0.2, 0.25) is 0 Å². The molecule has 142 valence electrons. The van der Waals surface area contributed by atoms with Gasteiger partial charge in [0.1, 0.15) is 0 Å². The summed E-state index contributed by atoms with van der Waals surface area (Å²) in [6.45, 7) is 2.78. The second-order valence-electron chi connectivity index (χ2n) is 5.58. The number of carbonyl (C=O) groups is 2. The lowest BCUT2D eigenvalue weighted by molar-refractivity contribution is -0.116. The first-order chi connectivity index (χ1) is 13.1. The average molecular weight is 369 g/mol. The molecule has 0 aliphatic carbocycles. The average Bonchev–Trinajstić information content (AvgIpc) is 2.71. The quantitative estimate of drug-likeness (QED) is 0.571. The molecule has 1 amide bonds. The van der Waals surface area contributed by atoms with E-state index >= 15 is 0 Å². The maximum Gasteiger partial charge on any atom is 0.337 e. The lowest BCUT2D eigenvalue weighted by atomic mass is 10.1. The first kappa shape index (κ1) is 20.0. The van der Waals surface area contributed by atoms with Crippen LogP contribution in [0.3, 0.4) is 0 Å². The van der Waals surface area contributed by atoms with E-state index in [-0.39, 0.29) is 11.9 Å². The number of nitrogens with one attached hydrogen (secondary N) is 1. The summed E-state index contributed by atoms with van der Waals surface area (Å²) in [6.07, 6.45) is 3.16. The van der Waals surface area contributed by atoms with Crippen molar-refractivity contribution in [3.8, 4) is 11.5 Å². The molecule has 2 aromatic carbocycles. The van der Waals surface area contributed by atoms with Gasteiger partial charge in [0.2, 0.25) is 5.91 Å². The van der Waals surface area contributed by atoms with Gasteiger partial charge in [0.25, 0.3) is 0 Å². The van der Waals surface area contributed by atoms with E-state index < -0.39 is 0 Å². The zero-order valence-corrected chi connectivity index (χ0v) is 15.7. The Bertz CT molecular complexity index is 812. The number of amides is 1. The Balaban J connectivity index is 1.93. The van der Waals surface area contributed by atoms with E-state index in [0.717, 1.165) is 11.1 Å². The molecule has 0 unspecified atom stereocenters. The molecule has 0 bridgehead atoms. The fourth-order valence-electron chi connectivity index (χ4n) is 2.36. The zero-order valence-electron chi connectivity index (χ0n) is 15.7. The fraction of sp³-hybridized carbons (Fsp3) is 0.238. The Hall–Kier alpha value is -3.28. The molecular formula is C21H23NO5. The highest BCUT2D eigenvalue weighted by molar-refractivity contribution is 5.92. The fourth-order valence-corrected chi connectivity index (χ4v) is 2.36. The highest BCUT2D eigenvalue weighted by atomic mass is 16.5. The number of hydrogen-bond donors (Lipinski definition) is 1. The van der Waals surface area contributed by atoms with Gasteiger partial charge in [-0.05, 0) is 48.4 Å². The molecule has 0 saturated heterocycles. The second-order valence-corrected chi connectivity index (χ2v) is 5.58. The van der Waals surface area contributed by atoms with Crippen LogP contribution in [0.5, 0.6) is 11.5 Å². The topological polar surface area (TPSA) is 73.9 Å². The van der Waals surface area contributed by atoms with Crippen molar-refractivity contribution in [1.29, 1.82) is 0 Å². The summed E-state index contributed by atoms with van der Waals surface area (Å²) in [5.74, 6) is 0.669. The third-order valence-electron chi connectivity index (χ3n) is 3.76. The summed E-state index contributed by atoms with van der Waals surface area (Å²) in [5.41, 5.74) is 2.18. The number of ether oxygens (including phenoxy) is 3. The molecule has 6 nitrogen and oxygen atoms in total. The van der Waals surface area contributed by atoms with Gasteiger partial charge in [-0.15, -0.1) is 0 Å². The van der Waals surface area contributed by atoms with Crippen molar-refractivity contribution in [3.63, 3.8) is 0 Å². The SMILES string of the molecule is CCOc1cc(/C=C/C(=O)NCc2ccc(C(=O)OC)cc2)ccc1OC. The maximum atomic E-state index is 12.0. The van der Waals surface area contributed by atoms with Crippen molar-refractivity contribution >= 4 is 18.0 Å². The first-order valence-electron chi connectivity index (χ1n) is 8.51. The van der Waals surface area contributed by atoms with Crippen LogP contribution in [0.15, 0.2) is 48.5 Å². The second kappa shape index (κ2) is 10.0. The van der Waals surface area contributed by atoms with E-state index in [2.05, 4.69) is 10.1 Å². The Kier molecular flexibility index (Phi) is 7.43. The molecule has 0 atom stereocenters. The van der Waals surface area contributed by atoms with Crippen LogP contribution in [-0.4, -0.2) is 32.7 Å². The smallest absolute Gasteiger partial charge is 0.337 e. The van der Waals surface area contributed by atoms with Crippen molar-refractivity contribution in [2.24, 2.45) is 0 Å². The predicted molar refractivity (Wildman–Crippen MR) is 103 cm³/mol. The zero-order chi connectivity index (χ0) is 19.6. The molecule has 0 aliphatic heterocycles. The Morgan fingerprint density at radius 3 is 2.41 bits per heavy atom. The molecule has 0 aliphatic rings. The molecular weight excluding hydrogens is 346 g/mol. The van der Waals surface area contributed by atoms with E-state index in [9.17, 15) is 9.59 Å². The summed E-state index contributed by atoms with van der Waals surface area (Å²) in [5, 5.41) is 2.80. The summed E-state index contributed by atoms with van der Waals surface area (Å²) >= 11 is 0. The maximum absolute atomic E-state index is 12.0. The number of hydrogen-bond acceptors (Lipinski definition) is 5. The van der Waals surface area contributed by atoms with E-state index in [1.165, 1.54) is 13.2 Å². The van der Waals surface area contributed by atoms with Crippen LogP contribution in [0.4, 0.5) is 0 Å². The van der Waals surface area contributed by atoms with Gasteiger partial charge in [-0.25, -0.2) is 4.79 Å². The van der Waals surface area contributed by atoms with Crippen molar-refractivity contribution in [1.82, 2.24) is 5.32 Å². The molecule has 0 fully saturated rings. The van der Waals surface area contributed by atoms with Gasteiger partial charge in [0, 0.05) is 12.6 Å². The van der Waals surface area contributed by atoms with Gasteiger partial charge in [-0.3, -0.25) is 4.79 Å². The van der Waals surface area contributed by atoms with Crippen LogP contribution in [0.1, 0.15) is 28.4 Å². The summed E-state index contributed by atoms with van der Waals surface area (Å²) < 4.78 is 15.4. The Labute approximate surface area is 158 Å². The number of benzene rings is 2. The summed E-state index contributed by atoms with van der Waals surface area (Å²) in [7, 11) is 2.92. The molecule has 2 rings (SSSR count). The number of rotatable bonds is 8. The van der Waals surface area contributed by atoms with Crippen LogP contribution in [0.25, 0.3) is 6.08 Å². The normalized spacial score (nSPS) is 10.5. The summed E-state index contributed by atoms with van der Waals surface area (Å²) in [6, 6.07) is 12.3. The minimum Gasteiger partial charge on any atom is -0.493 e. The van der Waals surface area contributed by atoms with Gasteiger partial charge < -0.3 is 19.5 Å². The molecule has 6 heteroatoms. The standard InChI is InChI=1S/C21H23NO5/c1-4-27-19-13-15(7-11-18(19)25-2)8-12-20(23)22-14-16-5-9-17(10-6-16)21(24)26-3/h5-13H,4,14H2,1-3H3,(H,22,23)/b12-8+. The lowest BCUT2D eigenvalue weighted by Crippen LogP contribution is -2.20. The molecule has 0 aromatic heterocycles. The molecule has 1 N–H and O–H groups in total. The van der Waals surface area contributed by atoms with Crippen LogP contribution in [-0.2, 0) is 16.1 Å². The Morgan fingerprint density at radius 1 is 1.04 bits per heavy atom. The van der Waals surface area contributed by atoms with Crippen molar-refractivity contribution in [2.75, 3.05) is 20.8 Å². The molecule has 0 heterocycles. The summed E-state index contributed by atoms with van der Waals surface area (Å²) in [4.78, 5) is 23.4. The van der Waals surface area contributed by atoms with E-state index in [1.807, 2.05) is 19.1 Å². The van der Waals surface area contributed by atoms with Gasteiger partial charge in [-0.1, -0.05) is 18.2 Å². The van der Waals surface area contributed by atoms with E-state index in [4.69, 9.17) is 9.47 Å². The van der Waals surface area contributed by atoms with Gasteiger partial charge in [-0.2, -0.15) is 0 Å². The number of carbonyl (C=O) groups excluding carboxylic acids is 2. The molecule has 2 aromatic rings. The highest BCUT2D eigenvalue weighted by Gasteiger charge is 2.06. The highest BCUT2D eigenvalue weighted by Crippen LogP contribution is 2.28. The molecule has 0 spiro atoms. The number of esters is 1. The van der Waals surface area contributed by atoms with Crippen LogP contribution in [0, 0.1) is 0 Å². The number of methoxy groups -OCH3 is 2. The van der Waals surface area contributed by atoms with Crippen LogP contribution >= 0.6 is 0 Å². The van der Waals surface area contributed by atoms with Crippen molar-refractivity contribution < 1.29 is 23.8 Å². The Morgan fingerprint density at radius 2 is 1.78 bits per heavy atom. The first-order valence-corrected chi connectivity index (χ1v) is 8.51. The van der Waals surface area contributed by atoms with Gasteiger partial charge >= 0.3 is 5.97 Å². The van der Waals surface area contributed by atoms with Crippen LogP contribution < -0.4 is 14.8 Å². The third kappa shape index (κ3) is 5.88. The van der Waals surface area contributed by atoms with Gasteiger partial charge in [0.05, 0.1) is 26.4 Å². The minimum atomic E-state index is -0.389. The minimum absolute atomic E-state index is 0.221. The molecule has 0 saturated carbocycles. The largest absolute Gasteiger partial charge is 0.493 e. The lowest BCUT2D eigenvalue weighted by Gasteiger charge is -2.09. The van der Waals surface area contributed by atoms with Gasteiger partial charge in [0.15, 0.2) is 11.5 Å². The third-order valence-corrected chi connectivity index (χ3v) is 3.76. The molecule has 0 radical (unpaired) electrons. The monoisotopic (exact) mass is 369 g/mol. The van der Waals surface area contributed by atoms with Crippen molar-refractivity contribution in [2.45, 2.75) is 13.5 Å². The van der Waals surface area contributed by atoms with E-state index in [0.29, 0.717) is 30.2 Å².